The van der Waals surface area contributed by atoms with Gasteiger partial charge in [0.1, 0.15) is 4.90 Å². The molecule has 0 radical (unpaired) electrons. The van der Waals surface area contributed by atoms with Crippen molar-refractivity contribution in [3.8, 4) is 0 Å². The molecule has 1 aromatic heterocycles. The molecule has 0 saturated carbocycles. The van der Waals surface area contributed by atoms with Crippen molar-refractivity contribution in [3.05, 3.63) is 58.2 Å². The number of hydrogen-bond acceptors (Lipinski definition) is 3. The third-order valence-electron chi connectivity index (χ3n) is 5.08. The third kappa shape index (κ3) is 4.03. The maximum absolute atomic E-state index is 12.8. The number of aromatic amines is 1. The molecule has 0 spiro atoms. The molecule has 0 unspecified atom stereocenters. The van der Waals surface area contributed by atoms with E-state index in [2.05, 4.69) is 10.3 Å². The number of halogens is 1. The number of carbonyl (C=O) groups excluding carboxylic acids is 1. The van der Waals surface area contributed by atoms with Crippen LogP contribution in [0.4, 0.5) is 5.69 Å². The minimum Gasteiger partial charge on any atom is -0.358 e. The van der Waals surface area contributed by atoms with E-state index in [1.165, 1.54) is 16.4 Å². The maximum atomic E-state index is 12.8. The van der Waals surface area contributed by atoms with Crippen molar-refractivity contribution in [2.24, 2.45) is 0 Å². The summed E-state index contributed by atoms with van der Waals surface area (Å²) in [5, 5.41) is 3.88. The number of aromatic nitrogens is 1. The fraction of sp³-hybridized carbons (Fsp3) is 0.286. The number of amides is 1. The molecule has 1 heterocycles. The van der Waals surface area contributed by atoms with Crippen LogP contribution < -0.4 is 5.32 Å². The van der Waals surface area contributed by atoms with E-state index in [0.29, 0.717) is 24.3 Å². The second kappa shape index (κ2) is 8.18. The predicted molar refractivity (Wildman–Crippen MR) is 117 cm³/mol. The Morgan fingerprint density at radius 1 is 1.10 bits per heavy atom. The quantitative estimate of drug-likeness (QED) is 0.590. The van der Waals surface area contributed by atoms with Crippen LogP contribution in [-0.2, 0) is 10.0 Å². The minimum atomic E-state index is -3.74. The third-order valence-corrected chi connectivity index (χ3v) is 7.61. The highest BCUT2D eigenvalue weighted by Crippen LogP contribution is 2.28. The number of aryl methyl sites for hydroxylation is 2. The van der Waals surface area contributed by atoms with Crippen molar-refractivity contribution in [1.29, 1.82) is 0 Å². The normalized spacial score (nSPS) is 11.9. The van der Waals surface area contributed by atoms with Gasteiger partial charge >= 0.3 is 0 Å². The lowest BCUT2D eigenvalue weighted by molar-refractivity contribution is 0.102. The summed E-state index contributed by atoms with van der Waals surface area (Å²) < 4.78 is 27.0. The number of nitrogens with zero attached hydrogens (tertiary/aromatic N) is 1. The molecule has 0 fully saturated rings. The monoisotopic (exact) mass is 433 g/mol. The second-order valence-electron chi connectivity index (χ2n) is 6.82. The standard InChI is InChI=1S/C21H24ClN3O3S/c1-5-25(6-2)29(27,28)20-12-16(8-9-18(20)22)24-21(26)15-7-10-19-17(11-15)13(3)14(4)23-19/h7-12,23H,5-6H2,1-4H3,(H,24,26). The molecule has 2 N–H and O–H groups in total. The Morgan fingerprint density at radius 2 is 1.79 bits per heavy atom. The van der Waals surface area contributed by atoms with Crippen LogP contribution in [0.2, 0.25) is 5.02 Å². The van der Waals surface area contributed by atoms with Gasteiger partial charge in [-0.25, -0.2) is 8.42 Å². The van der Waals surface area contributed by atoms with E-state index in [0.717, 1.165) is 22.2 Å². The van der Waals surface area contributed by atoms with E-state index in [1.807, 2.05) is 26.0 Å². The van der Waals surface area contributed by atoms with E-state index >= 15 is 0 Å². The Balaban J connectivity index is 1.93. The number of fused-ring (bicyclic) bond motifs is 1. The van der Waals surface area contributed by atoms with E-state index in [4.69, 9.17) is 11.6 Å². The summed E-state index contributed by atoms with van der Waals surface area (Å²) in [7, 11) is -3.74. The molecule has 0 aliphatic rings. The van der Waals surface area contributed by atoms with Crippen molar-refractivity contribution < 1.29 is 13.2 Å². The summed E-state index contributed by atoms with van der Waals surface area (Å²) in [6, 6.07) is 9.89. The van der Waals surface area contributed by atoms with Gasteiger partial charge in [0.25, 0.3) is 5.91 Å². The second-order valence-corrected chi connectivity index (χ2v) is 9.14. The van der Waals surface area contributed by atoms with E-state index in [1.54, 1.807) is 26.0 Å². The van der Waals surface area contributed by atoms with Crippen LogP contribution in [0, 0.1) is 13.8 Å². The highest BCUT2D eigenvalue weighted by molar-refractivity contribution is 7.89. The molecule has 3 aromatic rings. The molecule has 0 aliphatic heterocycles. The van der Waals surface area contributed by atoms with Gasteiger partial charge < -0.3 is 10.3 Å². The number of hydrogen-bond donors (Lipinski definition) is 2. The summed E-state index contributed by atoms with van der Waals surface area (Å²) >= 11 is 6.16. The average Bonchev–Trinajstić information content (AvgIpc) is 2.97. The zero-order valence-corrected chi connectivity index (χ0v) is 18.4. The molecule has 154 valence electrons. The lowest BCUT2D eigenvalue weighted by Crippen LogP contribution is -2.30. The first-order valence-electron chi connectivity index (χ1n) is 9.39. The lowest BCUT2D eigenvalue weighted by atomic mass is 10.1. The first kappa shape index (κ1) is 21.4. The summed E-state index contributed by atoms with van der Waals surface area (Å²) in [5.41, 5.74) is 3.97. The molecule has 6 nitrogen and oxygen atoms in total. The Labute approximate surface area is 175 Å². The topological polar surface area (TPSA) is 82.3 Å². The van der Waals surface area contributed by atoms with Gasteiger partial charge in [0.2, 0.25) is 10.0 Å². The van der Waals surface area contributed by atoms with Crippen molar-refractivity contribution in [1.82, 2.24) is 9.29 Å². The van der Waals surface area contributed by atoms with Crippen LogP contribution in [0.25, 0.3) is 10.9 Å². The van der Waals surface area contributed by atoms with Crippen molar-refractivity contribution >= 4 is 44.1 Å². The Bertz CT molecular complexity index is 1180. The van der Waals surface area contributed by atoms with Gasteiger partial charge in [0.15, 0.2) is 0 Å². The largest absolute Gasteiger partial charge is 0.358 e. The molecule has 0 aliphatic carbocycles. The van der Waals surface area contributed by atoms with Crippen molar-refractivity contribution in [2.75, 3.05) is 18.4 Å². The Morgan fingerprint density at radius 3 is 2.45 bits per heavy atom. The molecule has 0 bridgehead atoms. The number of anilines is 1. The number of benzene rings is 2. The van der Waals surface area contributed by atoms with Crippen LogP contribution >= 0.6 is 11.6 Å². The highest BCUT2D eigenvalue weighted by atomic mass is 35.5. The fourth-order valence-electron chi connectivity index (χ4n) is 3.29. The summed E-state index contributed by atoms with van der Waals surface area (Å²) in [4.78, 5) is 16.0. The molecule has 0 atom stereocenters. The SMILES string of the molecule is CCN(CC)S(=O)(=O)c1cc(NC(=O)c2ccc3[nH]c(C)c(C)c3c2)ccc1Cl. The number of carbonyl (C=O) groups is 1. The summed E-state index contributed by atoms with van der Waals surface area (Å²) in [6.45, 7) is 8.19. The van der Waals surface area contributed by atoms with Crippen LogP contribution in [0.15, 0.2) is 41.3 Å². The highest BCUT2D eigenvalue weighted by Gasteiger charge is 2.25. The predicted octanol–water partition coefficient (Wildman–Crippen LogP) is 4.72. The van der Waals surface area contributed by atoms with Gasteiger partial charge in [-0.15, -0.1) is 0 Å². The molecule has 8 heteroatoms. The number of H-pyrrole nitrogens is 1. The van der Waals surface area contributed by atoms with E-state index in [-0.39, 0.29) is 15.8 Å². The number of nitrogens with one attached hydrogen (secondary N) is 2. The number of rotatable bonds is 6. The zero-order chi connectivity index (χ0) is 21.3. The summed E-state index contributed by atoms with van der Waals surface area (Å²) in [5.74, 6) is -0.321. The molecule has 1 amide bonds. The molecule has 3 rings (SSSR count). The van der Waals surface area contributed by atoms with Gasteiger partial charge in [-0.05, 0) is 55.8 Å². The Hall–Kier alpha value is -2.35. The average molecular weight is 434 g/mol. The first-order valence-corrected chi connectivity index (χ1v) is 11.2. The van der Waals surface area contributed by atoms with Gasteiger partial charge in [0, 0.05) is 40.9 Å². The molecule has 29 heavy (non-hydrogen) atoms. The van der Waals surface area contributed by atoms with Gasteiger partial charge in [-0.1, -0.05) is 25.4 Å². The fourth-order valence-corrected chi connectivity index (χ4v) is 5.25. The maximum Gasteiger partial charge on any atom is 0.255 e. The minimum absolute atomic E-state index is 0.0202. The van der Waals surface area contributed by atoms with Crippen LogP contribution in [0.1, 0.15) is 35.5 Å². The van der Waals surface area contributed by atoms with Gasteiger partial charge in [-0.3, -0.25) is 4.79 Å². The number of sulfonamides is 1. The van der Waals surface area contributed by atoms with Crippen molar-refractivity contribution in [2.45, 2.75) is 32.6 Å². The molecular formula is C21H24ClN3O3S. The van der Waals surface area contributed by atoms with Crippen LogP contribution in [0.3, 0.4) is 0 Å². The Kier molecular flexibility index (Phi) is 6.03. The smallest absolute Gasteiger partial charge is 0.255 e. The van der Waals surface area contributed by atoms with Gasteiger partial charge in [0.05, 0.1) is 5.02 Å². The lowest BCUT2D eigenvalue weighted by Gasteiger charge is -2.19. The molecule has 0 saturated heterocycles. The van der Waals surface area contributed by atoms with Crippen LogP contribution in [0.5, 0.6) is 0 Å². The van der Waals surface area contributed by atoms with Gasteiger partial charge in [-0.2, -0.15) is 4.31 Å². The first-order chi connectivity index (χ1) is 13.7. The summed E-state index contributed by atoms with van der Waals surface area (Å²) in [6.07, 6.45) is 0. The van der Waals surface area contributed by atoms with E-state index in [9.17, 15) is 13.2 Å². The molecule has 2 aromatic carbocycles. The molecular weight excluding hydrogens is 410 g/mol. The van der Waals surface area contributed by atoms with E-state index < -0.39 is 10.0 Å². The zero-order valence-electron chi connectivity index (χ0n) is 16.8. The van der Waals surface area contributed by atoms with Crippen LogP contribution in [-0.4, -0.2) is 36.7 Å². The van der Waals surface area contributed by atoms with Crippen molar-refractivity contribution in [3.63, 3.8) is 0 Å².